The molecule has 0 aromatic rings. The van der Waals surface area contributed by atoms with Crippen molar-refractivity contribution in [3.63, 3.8) is 0 Å². The molecule has 0 radical (unpaired) electrons. The molecule has 6 heteroatoms. The smallest absolute Gasteiger partial charge is 0.404 e. The first-order valence-corrected chi connectivity index (χ1v) is 5.76. The third-order valence-corrected chi connectivity index (χ3v) is 3.34. The Labute approximate surface area is 98.6 Å². The molecule has 3 unspecified atom stereocenters. The average molecular weight is 253 g/mol. The molecule has 0 aromatic carbocycles. The van der Waals surface area contributed by atoms with Crippen LogP contribution >= 0.6 is 0 Å². The zero-order valence-corrected chi connectivity index (χ0v) is 10.00. The number of hydrogen-bond donors (Lipinski definition) is 1. The molecule has 1 N–H and O–H groups in total. The molecule has 0 aliphatic carbocycles. The van der Waals surface area contributed by atoms with Gasteiger partial charge in [-0.2, -0.15) is 13.2 Å². The summed E-state index contributed by atoms with van der Waals surface area (Å²) < 4.78 is 38.5. The normalized spacial score (nSPS) is 29.0. The van der Waals surface area contributed by atoms with E-state index in [1.165, 1.54) is 4.90 Å². The van der Waals surface area contributed by atoms with Gasteiger partial charge in [-0.25, -0.2) is 0 Å². The highest BCUT2D eigenvalue weighted by Crippen LogP contribution is 2.33. The molecule has 100 valence electrons. The highest BCUT2D eigenvalue weighted by Gasteiger charge is 2.46. The minimum absolute atomic E-state index is 0.218. The number of alkyl halides is 3. The molecule has 1 aliphatic heterocycles. The lowest BCUT2D eigenvalue weighted by Crippen LogP contribution is -2.53. The van der Waals surface area contributed by atoms with Crippen LogP contribution in [0.2, 0.25) is 0 Å². The van der Waals surface area contributed by atoms with Crippen molar-refractivity contribution in [2.45, 2.75) is 51.4 Å². The van der Waals surface area contributed by atoms with E-state index in [2.05, 4.69) is 0 Å². The maximum absolute atomic E-state index is 12.8. The highest BCUT2D eigenvalue weighted by molar-refractivity contribution is 5.67. The van der Waals surface area contributed by atoms with Crippen molar-refractivity contribution in [2.24, 2.45) is 5.92 Å². The largest absolute Gasteiger partial charge is 0.481 e. The number of carboxylic acid groups (broad SMARTS) is 1. The maximum atomic E-state index is 12.8. The Morgan fingerprint density at radius 2 is 2.06 bits per heavy atom. The van der Waals surface area contributed by atoms with Crippen molar-refractivity contribution in [2.75, 3.05) is 6.54 Å². The first-order chi connectivity index (χ1) is 7.71. The Bertz CT molecular complexity index is 280. The minimum atomic E-state index is -4.48. The highest BCUT2D eigenvalue weighted by atomic mass is 19.4. The van der Waals surface area contributed by atoms with Gasteiger partial charge >= 0.3 is 12.1 Å². The van der Waals surface area contributed by atoms with Crippen LogP contribution in [0.15, 0.2) is 0 Å². The fourth-order valence-electron chi connectivity index (χ4n) is 2.47. The summed E-state index contributed by atoms with van der Waals surface area (Å²) in [4.78, 5) is 11.8. The van der Waals surface area contributed by atoms with Crippen LogP contribution in [0.5, 0.6) is 0 Å². The van der Waals surface area contributed by atoms with E-state index in [4.69, 9.17) is 5.11 Å². The molecule has 0 spiro atoms. The van der Waals surface area contributed by atoms with E-state index in [0.29, 0.717) is 25.3 Å². The van der Waals surface area contributed by atoms with Gasteiger partial charge in [0.2, 0.25) is 0 Å². The second-order valence-corrected chi connectivity index (χ2v) is 4.87. The third kappa shape index (κ3) is 3.87. The topological polar surface area (TPSA) is 40.5 Å². The van der Waals surface area contributed by atoms with E-state index >= 15 is 0 Å². The summed E-state index contributed by atoms with van der Waals surface area (Å²) in [7, 11) is 0. The summed E-state index contributed by atoms with van der Waals surface area (Å²) in [6, 6.07) is -2.08. The molecule has 0 bridgehead atoms. The molecule has 3 atom stereocenters. The molecule has 17 heavy (non-hydrogen) atoms. The van der Waals surface area contributed by atoms with Gasteiger partial charge in [0.15, 0.2) is 0 Å². The van der Waals surface area contributed by atoms with Gasteiger partial charge in [0.1, 0.15) is 6.04 Å². The molecule has 3 nitrogen and oxygen atoms in total. The Hall–Kier alpha value is -0.780. The molecular formula is C11H18F3NO2. The van der Waals surface area contributed by atoms with Crippen LogP contribution in [0.1, 0.15) is 33.1 Å². The zero-order chi connectivity index (χ0) is 13.2. The Morgan fingerprint density at radius 3 is 2.47 bits per heavy atom. The lowest BCUT2D eigenvalue weighted by Gasteiger charge is -2.41. The van der Waals surface area contributed by atoms with Crippen molar-refractivity contribution in [1.29, 1.82) is 0 Å². The molecule has 1 rings (SSSR count). The third-order valence-electron chi connectivity index (χ3n) is 3.34. The summed E-state index contributed by atoms with van der Waals surface area (Å²) in [5.74, 6) is -1.00. The minimum Gasteiger partial charge on any atom is -0.481 e. The molecule has 1 fully saturated rings. The maximum Gasteiger partial charge on any atom is 0.404 e. The number of hydrogen-bond acceptors (Lipinski definition) is 2. The fourth-order valence-corrected chi connectivity index (χ4v) is 2.47. The monoisotopic (exact) mass is 253 g/mol. The number of likely N-dealkylation sites (tertiary alicyclic amines) is 1. The van der Waals surface area contributed by atoms with Crippen molar-refractivity contribution < 1.29 is 23.1 Å². The van der Waals surface area contributed by atoms with Crippen LogP contribution in [-0.4, -0.2) is 40.8 Å². The van der Waals surface area contributed by atoms with Gasteiger partial charge in [0, 0.05) is 6.04 Å². The van der Waals surface area contributed by atoms with E-state index < -0.39 is 24.6 Å². The van der Waals surface area contributed by atoms with Gasteiger partial charge in [-0.3, -0.25) is 9.69 Å². The summed E-state index contributed by atoms with van der Waals surface area (Å²) in [6.07, 6.45) is -3.97. The van der Waals surface area contributed by atoms with Crippen LogP contribution in [0.25, 0.3) is 0 Å². The standard InChI is InChI=1S/C11H18F3NO2/c1-7-3-4-15(8(2)5-7)9(6-10(16)17)11(12,13)14/h7-9H,3-6H2,1-2H3,(H,16,17). The second-order valence-electron chi connectivity index (χ2n) is 4.87. The Morgan fingerprint density at radius 1 is 1.47 bits per heavy atom. The van der Waals surface area contributed by atoms with Crippen molar-refractivity contribution in [1.82, 2.24) is 4.90 Å². The van der Waals surface area contributed by atoms with E-state index in [0.717, 1.165) is 0 Å². The number of carbonyl (C=O) groups is 1. The number of rotatable bonds is 3. The number of carboxylic acids is 1. The predicted molar refractivity (Wildman–Crippen MR) is 56.7 cm³/mol. The van der Waals surface area contributed by atoms with Crippen LogP contribution in [0, 0.1) is 5.92 Å². The lowest BCUT2D eigenvalue weighted by atomic mass is 9.91. The van der Waals surface area contributed by atoms with Gasteiger partial charge in [0.05, 0.1) is 6.42 Å². The number of halogens is 3. The van der Waals surface area contributed by atoms with Gasteiger partial charge < -0.3 is 5.11 Å². The van der Waals surface area contributed by atoms with Gasteiger partial charge in [-0.15, -0.1) is 0 Å². The Balaban J connectivity index is 2.79. The van der Waals surface area contributed by atoms with Crippen LogP contribution in [0.4, 0.5) is 13.2 Å². The SMILES string of the molecule is CC1CCN(C(CC(=O)O)C(F)(F)F)C(C)C1. The van der Waals surface area contributed by atoms with Gasteiger partial charge in [-0.1, -0.05) is 6.92 Å². The molecule has 1 heterocycles. The molecule has 0 aromatic heterocycles. The molecule has 0 saturated carbocycles. The zero-order valence-electron chi connectivity index (χ0n) is 10.00. The number of piperidine rings is 1. The van der Waals surface area contributed by atoms with Crippen LogP contribution in [0.3, 0.4) is 0 Å². The summed E-state index contributed by atoms with van der Waals surface area (Å²) in [5.41, 5.74) is 0. The van der Waals surface area contributed by atoms with E-state index in [1.807, 2.05) is 6.92 Å². The first-order valence-electron chi connectivity index (χ1n) is 5.76. The summed E-state index contributed by atoms with van der Waals surface area (Å²) in [6.45, 7) is 4.06. The number of nitrogens with zero attached hydrogens (tertiary/aromatic N) is 1. The fraction of sp³-hybridized carbons (Fsp3) is 0.909. The summed E-state index contributed by atoms with van der Waals surface area (Å²) >= 11 is 0. The summed E-state index contributed by atoms with van der Waals surface area (Å²) in [5, 5.41) is 8.59. The second kappa shape index (κ2) is 5.25. The van der Waals surface area contributed by atoms with Crippen molar-refractivity contribution >= 4 is 5.97 Å². The van der Waals surface area contributed by atoms with Crippen LogP contribution < -0.4 is 0 Å². The van der Waals surface area contributed by atoms with Gasteiger partial charge in [0.25, 0.3) is 0 Å². The van der Waals surface area contributed by atoms with Crippen molar-refractivity contribution in [3.8, 4) is 0 Å². The van der Waals surface area contributed by atoms with E-state index in [9.17, 15) is 18.0 Å². The van der Waals surface area contributed by atoms with Gasteiger partial charge in [-0.05, 0) is 32.2 Å². The average Bonchev–Trinajstić information content (AvgIpc) is 2.13. The van der Waals surface area contributed by atoms with Crippen LogP contribution in [-0.2, 0) is 4.79 Å². The molecule has 0 amide bonds. The molecule has 1 saturated heterocycles. The Kier molecular flexibility index (Phi) is 4.41. The molecular weight excluding hydrogens is 235 g/mol. The predicted octanol–water partition coefficient (Wildman–Crippen LogP) is 2.51. The molecule has 1 aliphatic rings. The van der Waals surface area contributed by atoms with E-state index in [1.54, 1.807) is 6.92 Å². The van der Waals surface area contributed by atoms with Crippen molar-refractivity contribution in [3.05, 3.63) is 0 Å². The van der Waals surface area contributed by atoms with E-state index in [-0.39, 0.29) is 6.04 Å². The first kappa shape index (κ1) is 14.3. The lowest BCUT2D eigenvalue weighted by molar-refractivity contribution is -0.199. The number of aliphatic carboxylic acids is 1. The quantitative estimate of drug-likeness (QED) is 0.840.